The van der Waals surface area contributed by atoms with Crippen LogP contribution >= 0.6 is 0 Å². The van der Waals surface area contributed by atoms with Gasteiger partial charge in [0.25, 0.3) is 0 Å². The van der Waals surface area contributed by atoms with Crippen molar-refractivity contribution in [2.24, 2.45) is 0 Å². The predicted octanol–water partition coefficient (Wildman–Crippen LogP) is 2.10. The summed E-state index contributed by atoms with van der Waals surface area (Å²) in [4.78, 5) is 36.3. The van der Waals surface area contributed by atoms with Crippen molar-refractivity contribution in [1.29, 1.82) is 0 Å². The van der Waals surface area contributed by atoms with Crippen LogP contribution in [0.25, 0.3) is 11.1 Å². The Kier molecular flexibility index (Phi) is 8.79. The van der Waals surface area contributed by atoms with Crippen LogP contribution < -0.4 is 5.32 Å². The zero-order chi connectivity index (χ0) is 23.6. The first-order valence-corrected chi connectivity index (χ1v) is 10.7. The molecular formula is C24H28N2O7. The van der Waals surface area contributed by atoms with E-state index >= 15 is 0 Å². The molecule has 9 heteroatoms. The van der Waals surface area contributed by atoms with Crippen molar-refractivity contribution in [3.63, 3.8) is 0 Å². The Morgan fingerprint density at radius 1 is 1.00 bits per heavy atom. The second-order valence-electron chi connectivity index (χ2n) is 7.51. The number of amides is 2. The zero-order valence-electron chi connectivity index (χ0n) is 18.5. The van der Waals surface area contributed by atoms with Gasteiger partial charge in [-0.25, -0.2) is 4.79 Å². The molecule has 2 N–H and O–H groups in total. The molecule has 0 saturated carbocycles. The molecule has 0 unspecified atom stereocenters. The summed E-state index contributed by atoms with van der Waals surface area (Å²) in [5.41, 5.74) is 4.57. The summed E-state index contributed by atoms with van der Waals surface area (Å²) >= 11 is 0. The molecule has 0 bridgehead atoms. The van der Waals surface area contributed by atoms with Crippen LogP contribution in [0.1, 0.15) is 17.0 Å². The van der Waals surface area contributed by atoms with Gasteiger partial charge in [0, 0.05) is 26.1 Å². The number of nitrogens with zero attached hydrogens (tertiary/aromatic N) is 1. The van der Waals surface area contributed by atoms with Crippen molar-refractivity contribution in [1.82, 2.24) is 10.2 Å². The highest BCUT2D eigenvalue weighted by Crippen LogP contribution is 2.44. The third kappa shape index (κ3) is 6.53. The second kappa shape index (κ2) is 12.0. The van der Waals surface area contributed by atoms with E-state index in [0.717, 1.165) is 27.2 Å². The lowest BCUT2D eigenvalue weighted by Crippen LogP contribution is -2.40. The van der Waals surface area contributed by atoms with Gasteiger partial charge in [0.05, 0.1) is 13.2 Å². The fourth-order valence-corrected chi connectivity index (χ4v) is 3.78. The lowest BCUT2D eigenvalue weighted by molar-refractivity contribution is -0.147. The smallest absolute Gasteiger partial charge is 0.407 e. The van der Waals surface area contributed by atoms with Crippen molar-refractivity contribution >= 4 is 18.0 Å². The number of fused-ring (bicyclic) bond motifs is 3. The highest BCUT2D eigenvalue weighted by Gasteiger charge is 2.28. The summed E-state index contributed by atoms with van der Waals surface area (Å²) in [6.07, 6.45) is -0.570. The van der Waals surface area contributed by atoms with E-state index < -0.39 is 24.5 Å². The average Bonchev–Trinajstić information content (AvgIpc) is 3.13. The van der Waals surface area contributed by atoms with E-state index in [2.05, 4.69) is 17.4 Å². The molecular weight excluding hydrogens is 428 g/mol. The molecule has 2 aromatic carbocycles. The van der Waals surface area contributed by atoms with Crippen molar-refractivity contribution in [3.8, 4) is 11.1 Å². The maximum Gasteiger partial charge on any atom is 0.407 e. The number of alkyl carbamates (subject to hydrolysis) is 1. The highest BCUT2D eigenvalue weighted by atomic mass is 16.5. The van der Waals surface area contributed by atoms with Crippen LogP contribution in [0.5, 0.6) is 0 Å². The number of carbonyl (C=O) groups excluding carboxylic acids is 2. The van der Waals surface area contributed by atoms with Crippen LogP contribution in [0.4, 0.5) is 4.79 Å². The molecule has 0 heterocycles. The van der Waals surface area contributed by atoms with E-state index in [0.29, 0.717) is 0 Å². The molecule has 0 fully saturated rings. The summed E-state index contributed by atoms with van der Waals surface area (Å²) < 4.78 is 15.6. The van der Waals surface area contributed by atoms with Crippen LogP contribution in [-0.2, 0) is 23.8 Å². The number of aliphatic carboxylic acids is 1. The van der Waals surface area contributed by atoms with E-state index in [4.69, 9.17) is 19.3 Å². The molecule has 33 heavy (non-hydrogen) atoms. The van der Waals surface area contributed by atoms with E-state index in [1.54, 1.807) is 0 Å². The molecule has 1 aliphatic carbocycles. The maximum atomic E-state index is 12.1. The molecule has 2 aromatic rings. The van der Waals surface area contributed by atoms with E-state index in [1.165, 1.54) is 7.11 Å². The maximum absolute atomic E-state index is 12.1. The number of nitrogens with one attached hydrogen (secondary N) is 1. The van der Waals surface area contributed by atoms with Gasteiger partial charge < -0.3 is 29.5 Å². The number of rotatable bonds is 12. The molecule has 9 nitrogen and oxygen atoms in total. The third-order valence-corrected chi connectivity index (χ3v) is 5.33. The Balaban J connectivity index is 1.39. The van der Waals surface area contributed by atoms with E-state index in [-0.39, 0.29) is 45.4 Å². The number of hydrogen-bond donors (Lipinski definition) is 2. The van der Waals surface area contributed by atoms with Gasteiger partial charge in [0.15, 0.2) is 0 Å². The number of carbonyl (C=O) groups is 3. The molecule has 1 aliphatic rings. The van der Waals surface area contributed by atoms with Crippen molar-refractivity contribution in [2.45, 2.75) is 5.92 Å². The first-order valence-electron chi connectivity index (χ1n) is 10.7. The van der Waals surface area contributed by atoms with Crippen molar-refractivity contribution in [3.05, 3.63) is 59.7 Å². The van der Waals surface area contributed by atoms with Gasteiger partial charge in [-0.15, -0.1) is 0 Å². The average molecular weight is 456 g/mol. The monoisotopic (exact) mass is 456 g/mol. The quantitative estimate of drug-likeness (QED) is 0.470. The number of carboxylic acid groups (broad SMARTS) is 1. The highest BCUT2D eigenvalue weighted by molar-refractivity contribution is 5.82. The summed E-state index contributed by atoms with van der Waals surface area (Å²) in [6, 6.07) is 16.2. The normalized spacial score (nSPS) is 12.0. The van der Waals surface area contributed by atoms with Crippen LogP contribution in [0, 0.1) is 0 Å². The Morgan fingerprint density at radius 3 is 2.24 bits per heavy atom. The van der Waals surface area contributed by atoms with Gasteiger partial charge in [0.2, 0.25) is 5.91 Å². The predicted molar refractivity (Wildman–Crippen MR) is 120 cm³/mol. The van der Waals surface area contributed by atoms with E-state index in [9.17, 15) is 14.4 Å². The minimum absolute atomic E-state index is 0.0238. The number of ether oxygens (including phenoxy) is 3. The summed E-state index contributed by atoms with van der Waals surface area (Å²) in [5, 5.41) is 11.5. The molecule has 176 valence electrons. The molecule has 2 amide bonds. The van der Waals surface area contributed by atoms with Crippen LogP contribution in [0.3, 0.4) is 0 Å². The largest absolute Gasteiger partial charge is 0.480 e. The SMILES string of the molecule is COCCN(CC(=O)O)C(=O)COCCNC(=O)OCC1c2ccccc2-c2ccccc21. The molecule has 0 radical (unpaired) electrons. The van der Waals surface area contributed by atoms with Crippen molar-refractivity contribution in [2.75, 3.05) is 53.2 Å². The number of carboxylic acids is 1. The lowest BCUT2D eigenvalue weighted by atomic mass is 9.98. The standard InChI is InChI=1S/C24H28N2O7/c1-31-13-11-26(14-23(28)29)22(27)16-32-12-10-25-24(30)33-15-21-19-8-4-2-6-17(19)18-7-3-5-9-20(18)21/h2-9,21H,10-16H2,1H3,(H,25,30)(H,28,29). The number of methoxy groups -OCH3 is 1. The minimum atomic E-state index is -1.11. The minimum Gasteiger partial charge on any atom is -0.480 e. The Hall–Kier alpha value is -3.43. The first kappa shape index (κ1) is 24.2. The fourth-order valence-electron chi connectivity index (χ4n) is 3.78. The van der Waals surface area contributed by atoms with Crippen LogP contribution in [-0.4, -0.2) is 81.1 Å². The van der Waals surface area contributed by atoms with Crippen LogP contribution in [0.2, 0.25) is 0 Å². The Bertz CT molecular complexity index is 933. The molecule has 0 spiro atoms. The third-order valence-electron chi connectivity index (χ3n) is 5.33. The summed E-state index contributed by atoms with van der Waals surface area (Å²) in [7, 11) is 1.47. The van der Waals surface area contributed by atoms with Gasteiger partial charge >= 0.3 is 12.1 Å². The Morgan fingerprint density at radius 2 is 1.64 bits per heavy atom. The fraction of sp³-hybridized carbons (Fsp3) is 0.375. The summed E-state index contributed by atoms with van der Waals surface area (Å²) in [5.74, 6) is -1.60. The van der Waals surface area contributed by atoms with Crippen LogP contribution in [0.15, 0.2) is 48.5 Å². The molecule has 3 rings (SSSR count). The second-order valence-corrected chi connectivity index (χ2v) is 7.51. The molecule has 0 saturated heterocycles. The lowest BCUT2D eigenvalue weighted by Gasteiger charge is -2.20. The van der Waals surface area contributed by atoms with Gasteiger partial charge in [-0.05, 0) is 22.3 Å². The molecule has 0 atom stereocenters. The molecule has 0 aliphatic heterocycles. The van der Waals surface area contributed by atoms with Gasteiger partial charge in [-0.3, -0.25) is 9.59 Å². The van der Waals surface area contributed by atoms with Gasteiger partial charge in [-0.1, -0.05) is 48.5 Å². The van der Waals surface area contributed by atoms with Gasteiger partial charge in [-0.2, -0.15) is 0 Å². The zero-order valence-corrected chi connectivity index (χ0v) is 18.5. The molecule has 0 aromatic heterocycles. The Labute approximate surface area is 192 Å². The van der Waals surface area contributed by atoms with Crippen molar-refractivity contribution < 1.29 is 33.7 Å². The first-order chi connectivity index (χ1) is 16.0. The number of benzene rings is 2. The topological polar surface area (TPSA) is 114 Å². The van der Waals surface area contributed by atoms with E-state index in [1.807, 2.05) is 36.4 Å². The van der Waals surface area contributed by atoms with Gasteiger partial charge in [0.1, 0.15) is 19.8 Å². The summed E-state index contributed by atoms with van der Waals surface area (Å²) in [6.45, 7) is 0.114. The number of hydrogen-bond acceptors (Lipinski definition) is 6.